The first kappa shape index (κ1) is 23.2. The van der Waals surface area contributed by atoms with Crippen molar-refractivity contribution in [2.75, 3.05) is 0 Å². The summed E-state index contributed by atoms with van der Waals surface area (Å²) in [5.74, 6) is 0.132. The first-order chi connectivity index (χ1) is 15.7. The molecule has 0 fully saturated rings. The van der Waals surface area contributed by atoms with Gasteiger partial charge in [-0.25, -0.2) is 0 Å². The molecule has 0 heterocycles. The number of carbonyl (C=O) groups excluding carboxylic acids is 1. The standard InChI is InChI=1S/C30H32OSi2/c1-23(31)25-21-28(32(2,3)4)30(24-15-9-6-10-16-24)29(22-25)33(5,26-17-11-7-12-18-26)27-19-13-8-14-20-27/h6-22H,1-5H3. The molecule has 0 aliphatic carbocycles. The summed E-state index contributed by atoms with van der Waals surface area (Å²) in [6.07, 6.45) is 0. The Labute approximate surface area is 200 Å². The van der Waals surface area contributed by atoms with Crippen LogP contribution in [0.15, 0.2) is 103 Å². The highest BCUT2D eigenvalue weighted by Gasteiger charge is 2.38. The van der Waals surface area contributed by atoms with Crippen LogP contribution in [0.3, 0.4) is 0 Å². The molecule has 166 valence electrons. The monoisotopic (exact) mass is 464 g/mol. The SMILES string of the molecule is CC(=O)c1cc([Si](C)(C)C)c(-c2ccccc2)c([Si](C)(c2ccccc2)c2ccccc2)c1. The Hall–Kier alpha value is -3.02. The summed E-state index contributed by atoms with van der Waals surface area (Å²) in [5, 5.41) is 5.41. The van der Waals surface area contributed by atoms with Gasteiger partial charge in [-0.2, -0.15) is 0 Å². The molecule has 0 aromatic heterocycles. The normalized spacial score (nSPS) is 11.9. The highest BCUT2D eigenvalue weighted by Crippen LogP contribution is 2.24. The lowest BCUT2D eigenvalue weighted by Gasteiger charge is -2.35. The van der Waals surface area contributed by atoms with Crippen LogP contribution in [-0.2, 0) is 0 Å². The van der Waals surface area contributed by atoms with Crippen LogP contribution >= 0.6 is 0 Å². The smallest absolute Gasteiger partial charge is 0.159 e. The lowest BCUT2D eigenvalue weighted by atomic mass is 10.0. The number of benzene rings is 4. The van der Waals surface area contributed by atoms with E-state index in [0.717, 1.165) is 5.56 Å². The van der Waals surface area contributed by atoms with Gasteiger partial charge in [-0.3, -0.25) is 4.79 Å². The lowest BCUT2D eigenvalue weighted by molar-refractivity contribution is 0.101. The van der Waals surface area contributed by atoms with Crippen LogP contribution in [0.1, 0.15) is 17.3 Å². The molecule has 0 amide bonds. The molecule has 4 aromatic carbocycles. The Balaban J connectivity index is 2.20. The highest BCUT2D eigenvalue weighted by molar-refractivity contribution is 7.11. The summed E-state index contributed by atoms with van der Waals surface area (Å²) in [5.41, 5.74) is 3.40. The van der Waals surface area contributed by atoms with Gasteiger partial charge in [0.1, 0.15) is 8.07 Å². The fourth-order valence-electron chi connectivity index (χ4n) is 4.77. The first-order valence-corrected chi connectivity index (χ1v) is 17.6. The summed E-state index contributed by atoms with van der Waals surface area (Å²) in [4.78, 5) is 12.8. The van der Waals surface area contributed by atoms with Gasteiger partial charge in [0.15, 0.2) is 5.78 Å². The molecule has 0 radical (unpaired) electrons. The quantitative estimate of drug-likeness (QED) is 0.218. The van der Waals surface area contributed by atoms with Crippen molar-refractivity contribution in [3.05, 3.63) is 109 Å². The third kappa shape index (κ3) is 4.43. The van der Waals surface area contributed by atoms with Crippen molar-refractivity contribution in [1.29, 1.82) is 0 Å². The predicted octanol–water partition coefficient (Wildman–Crippen LogP) is 5.20. The second-order valence-electron chi connectivity index (χ2n) is 9.98. The van der Waals surface area contributed by atoms with Gasteiger partial charge in [-0.1, -0.05) is 135 Å². The summed E-state index contributed by atoms with van der Waals surface area (Å²) in [6, 6.07) is 36.9. The zero-order chi connectivity index (χ0) is 23.6. The third-order valence-corrected chi connectivity index (χ3v) is 13.1. The first-order valence-electron chi connectivity index (χ1n) is 11.6. The van der Waals surface area contributed by atoms with Crippen LogP contribution in [0.25, 0.3) is 11.1 Å². The topological polar surface area (TPSA) is 17.1 Å². The largest absolute Gasteiger partial charge is 0.295 e. The van der Waals surface area contributed by atoms with Gasteiger partial charge in [0.25, 0.3) is 0 Å². The number of hydrogen-bond donors (Lipinski definition) is 0. The molecule has 4 aromatic rings. The van der Waals surface area contributed by atoms with Crippen molar-refractivity contribution < 1.29 is 4.79 Å². The van der Waals surface area contributed by atoms with E-state index in [1.807, 2.05) is 0 Å². The van der Waals surface area contributed by atoms with Crippen molar-refractivity contribution in [3.8, 4) is 11.1 Å². The number of hydrogen-bond acceptors (Lipinski definition) is 1. The predicted molar refractivity (Wildman–Crippen MR) is 148 cm³/mol. The Morgan fingerprint density at radius 3 is 1.45 bits per heavy atom. The highest BCUT2D eigenvalue weighted by atomic mass is 28.3. The summed E-state index contributed by atoms with van der Waals surface area (Å²) in [6.45, 7) is 11.3. The fraction of sp³-hybridized carbons (Fsp3) is 0.167. The second kappa shape index (κ2) is 9.08. The minimum absolute atomic E-state index is 0.132. The maximum atomic E-state index is 12.8. The molecule has 0 N–H and O–H groups in total. The molecule has 4 rings (SSSR count). The van der Waals surface area contributed by atoms with E-state index >= 15 is 0 Å². The van der Waals surface area contributed by atoms with Crippen LogP contribution in [0.4, 0.5) is 0 Å². The van der Waals surface area contributed by atoms with Crippen molar-refractivity contribution >= 4 is 42.7 Å². The number of carbonyl (C=O) groups is 1. The number of Topliss-reactive ketones (excluding diaryl/α,β-unsaturated/α-hetero) is 1. The summed E-state index contributed by atoms with van der Waals surface area (Å²) < 4.78 is 0. The number of ketones is 1. The van der Waals surface area contributed by atoms with Crippen LogP contribution in [0.2, 0.25) is 26.2 Å². The molecule has 3 heteroatoms. The summed E-state index contributed by atoms with van der Waals surface area (Å²) in [7, 11) is -4.20. The molecule has 0 saturated heterocycles. The van der Waals surface area contributed by atoms with Crippen LogP contribution in [0, 0.1) is 0 Å². The van der Waals surface area contributed by atoms with Gasteiger partial charge in [0, 0.05) is 5.56 Å². The van der Waals surface area contributed by atoms with Crippen molar-refractivity contribution in [2.45, 2.75) is 33.1 Å². The Morgan fingerprint density at radius 2 is 1.03 bits per heavy atom. The van der Waals surface area contributed by atoms with E-state index in [9.17, 15) is 4.79 Å². The Kier molecular flexibility index (Phi) is 6.37. The zero-order valence-corrected chi connectivity index (χ0v) is 22.2. The van der Waals surface area contributed by atoms with Gasteiger partial charge in [-0.05, 0) is 33.6 Å². The summed E-state index contributed by atoms with van der Waals surface area (Å²) >= 11 is 0. The van der Waals surface area contributed by atoms with Crippen LogP contribution in [0.5, 0.6) is 0 Å². The van der Waals surface area contributed by atoms with Gasteiger partial charge < -0.3 is 0 Å². The van der Waals surface area contributed by atoms with E-state index in [0.29, 0.717) is 0 Å². The van der Waals surface area contributed by atoms with Gasteiger partial charge in [0.05, 0.1) is 8.07 Å². The molecule has 0 unspecified atom stereocenters. The van der Waals surface area contributed by atoms with E-state index in [2.05, 4.69) is 129 Å². The van der Waals surface area contributed by atoms with E-state index in [4.69, 9.17) is 0 Å². The van der Waals surface area contributed by atoms with E-state index in [1.165, 1.54) is 31.9 Å². The molecule has 0 saturated carbocycles. The van der Waals surface area contributed by atoms with Crippen molar-refractivity contribution in [2.24, 2.45) is 0 Å². The van der Waals surface area contributed by atoms with Crippen LogP contribution in [-0.4, -0.2) is 21.9 Å². The van der Waals surface area contributed by atoms with E-state index in [-0.39, 0.29) is 5.78 Å². The molecule has 33 heavy (non-hydrogen) atoms. The Bertz CT molecular complexity index is 1220. The van der Waals surface area contributed by atoms with E-state index in [1.54, 1.807) is 6.92 Å². The van der Waals surface area contributed by atoms with Gasteiger partial charge in [0.2, 0.25) is 0 Å². The van der Waals surface area contributed by atoms with Crippen molar-refractivity contribution in [3.63, 3.8) is 0 Å². The Morgan fingerprint density at radius 1 is 0.606 bits per heavy atom. The molecular formula is C30H32OSi2. The molecule has 0 aliphatic rings. The van der Waals surface area contributed by atoms with Crippen molar-refractivity contribution in [1.82, 2.24) is 0 Å². The average molecular weight is 465 g/mol. The molecule has 0 spiro atoms. The number of rotatable bonds is 6. The minimum atomic E-state index is -2.42. The molecule has 0 aliphatic heterocycles. The van der Waals surface area contributed by atoms with Gasteiger partial charge >= 0.3 is 0 Å². The lowest BCUT2D eigenvalue weighted by Crippen LogP contribution is -2.66. The average Bonchev–Trinajstić information content (AvgIpc) is 2.83. The fourth-order valence-corrected chi connectivity index (χ4v) is 10.4. The molecule has 1 nitrogen and oxygen atoms in total. The molecule has 0 atom stereocenters. The maximum Gasteiger partial charge on any atom is 0.159 e. The second-order valence-corrected chi connectivity index (χ2v) is 19.0. The zero-order valence-electron chi connectivity index (χ0n) is 20.2. The van der Waals surface area contributed by atoms with Crippen LogP contribution < -0.4 is 20.7 Å². The van der Waals surface area contributed by atoms with Gasteiger partial charge in [-0.15, -0.1) is 0 Å². The van der Waals surface area contributed by atoms with E-state index < -0.39 is 16.1 Å². The molecule has 0 bridgehead atoms. The molecular weight excluding hydrogens is 433 g/mol. The minimum Gasteiger partial charge on any atom is -0.295 e. The third-order valence-electron chi connectivity index (χ3n) is 6.66. The maximum absolute atomic E-state index is 12.8.